The molecule has 2 amide bonds. The molecule has 0 fully saturated rings. The number of carbonyl (C=O) groups excluding carboxylic acids is 2. The van der Waals surface area contributed by atoms with Gasteiger partial charge in [0, 0.05) is 44.9 Å². The lowest BCUT2D eigenvalue weighted by Gasteiger charge is -2.22. The van der Waals surface area contributed by atoms with Gasteiger partial charge in [0.15, 0.2) is 11.5 Å². The normalized spacial score (nSPS) is 10.9. The van der Waals surface area contributed by atoms with Crippen LogP contribution in [0.15, 0.2) is 34.1 Å². The van der Waals surface area contributed by atoms with Crippen LogP contribution >= 0.6 is 0 Å². The van der Waals surface area contributed by atoms with E-state index in [9.17, 15) is 29.4 Å². The third-order valence-electron chi connectivity index (χ3n) is 6.02. The molecule has 0 saturated heterocycles. The number of carbonyl (C=O) groups is 2. The average Bonchev–Trinajstić information content (AvgIpc) is 2.90. The van der Waals surface area contributed by atoms with Gasteiger partial charge in [-0.05, 0) is 81.4 Å². The first-order valence-corrected chi connectivity index (χ1v) is 13.1. The Morgan fingerprint density at radius 1 is 0.816 bits per heavy atom. The maximum atomic E-state index is 12.7. The lowest BCUT2D eigenvalue weighted by atomic mass is 10.1. The predicted molar refractivity (Wildman–Crippen MR) is 144 cm³/mol. The van der Waals surface area contributed by atoms with E-state index in [0.29, 0.717) is 50.1 Å². The van der Waals surface area contributed by atoms with Crippen LogP contribution in [-0.2, 0) is 22.4 Å². The fourth-order valence-electron chi connectivity index (χ4n) is 3.84. The van der Waals surface area contributed by atoms with Crippen LogP contribution in [0.3, 0.4) is 0 Å². The molecule has 12 heteroatoms. The number of aromatic amines is 2. The van der Waals surface area contributed by atoms with Crippen molar-refractivity contribution in [2.45, 2.75) is 51.4 Å². The average molecular weight is 533 g/mol. The molecule has 210 valence electrons. The Labute approximate surface area is 221 Å². The Hall–Kier alpha value is -3.64. The Morgan fingerprint density at radius 3 is 2.00 bits per heavy atom. The van der Waals surface area contributed by atoms with Gasteiger partial charge in [0.25, 0.3) is 11.1 Å². The lowest BCUT2D eigenvalue weighted by molar-refractivity contribution is -0.131. The molecule has 38 heavy (non-hydrogen) atoms. The molecule has 8 N–H and O–H groups in total. The summed E-state index contributed by atoms with van der Waals surface area (Å²) in [6, 6.07) is 2.75. The van der Waals surface area contributed by atoms with Crippen molar-refractivity contribution in [3.8, 4) is 11.5 Å². The minimum atomic E-state index is -0.551. The number of amides is 2. The maximum absolute atomic E-state index is 12.7. The van der Waals surface area contributed by atoms with Gasteiger partial charge < -0.3 is 41.4 Å². The molecule has 0 aliphatic rings. The number of aryl methyl sites for hydroxylation is 2. The largest absolute Gasteiger partial charge is 0.503 e. The van der Waals surface area contributed by atoms with Crippen molar-refractivity contribution in [1.82, 2.24) is 25.5 Å². The summed E-state index contributed by atoms with van der Waals surface area (Å²) in [7, 11) is 0. The summed E-state index contributed by atoms with van der Waals surface area (Å²) in [5.41, 5.74) is 5.91. The van der Waals surface area contributed by atoms with E-state index in [1.807, 2.05) is 4.90 Å². The van der Waals surface area contributed by atoms with Crippen molar-refractivity contribution in [1.29, 1.82) is 0 Å². The molecule has 0 atom stereocenters. The number of nitrogens with zero attached hydrogens (tertiary/aromatic N) is 1. The van der Waals surface area contributed by atoms with Gasteiger partial charge in [-0.2, -0.15) is 0 Å². The number of pyridine rings is 2. The molecule has 2 aromatic rings. The van der Waals surface area contributed by atoms with E-state index in [4.69, 9.17) is 5.73 Å². The lowest BCUT2D eigenvalue weighted by Crippen LogP contribution is -2.34. The second-order valence-corrected chi connectivity index (χ2v) is 9.13. The molecule has 2 aromatic heterocycles. The van der Waals surface area contributed by atoms with Crippen LogP contribution in [0, 0.1) is 0 Å². The number of aromatic hydroxyl groups is 2. The molecule has 0 aromatic carbocycles. The van der Waals surface area contributed by atoms with Crippen LogP contribution in [-0.4, -0.2) is 76.2 Å². The number of H-pyrrole nitrogens is 2. The number of unbranched alkanes of at least 4 members (excludes halogenated alkanes) is 1. The van der Waals surface area contributed by atoms with Gasteiger partial charge in [-0.25, -0.2) is 0 Å². The van der Waals surface area contributed by atoms with Crippen LogP contribution in [0.4, 0.5) is 0 Å². The van der Waals surface area contributed by atoms with Crippen molar-refractivity contribution in [2.75, 3.05) is 39.3 Å². The zero-order chi connectivity index (χ0) is 27.8. The Bertz CT molecular complexity index is 1130. The van der Waals surface area contributed by atoms with Gasteiger partial charge >= 0.3 is 0 Å². The van der Waals surface area contributed by atoms with Gasteiger partial charge in [0.2, 0.25) is 11.8 Å². The van der Waals surface area contributed by atoms with Gasteiger partial charge in [-0.15, -0.1) is 0 Å². The summed E-state index contributed by atoms with van der Waals surface area (Å²) in [6.45, 7) is 3.86. The fraction of sp³-hybridized carbons (Fsp3) is 0.538. The standard InChI is InChI=1S/C26H40N6O6/c27-9-3-14-32(24(36)8-6-20-16-22(34)26(38)31-18-20)13-2-1-10-28-11-4-12-29-23(35)7-5-19-15-21(33)25(37)30-17-19/h15-18,28,33-34H,1-14,27H2,(H,29,35)(H,30,37)(H,31,38). The third kappa shape index (κ3) is 11.6. The minimum Gasteiger partial charge on any atom is -0.503 e. The topological polar surface area (TPSA) is 194 Å². The van der Waals surface area contributed by atoms with Crippen LogP contribution in [0.1, 0.15) is 49.7 Å². The minimum absolute atomic E-state index is 0.0187. The summed E-state index contributed by atoms with van der Waals surface area (Å²) in [5.74, 6) is -0.775. The highest BCUT2D eigenvalue weighted by Gasteiger charge is 2.13. The monoisotopic (exact) mass is 532 g/mol. The molecule has 2 rings (SSSR count). The van der Waals surface area contributed by atoms with Crippen molar-refractivity contribution in [2.24, 2.45) is 5.73 Å². The van der Waals surface area contributed by atoms with Crippen molar-refractivity contribution in [3.05, 3.63) is 56.4 Å². The van der Waals surface area contributed by atoms with Crippen LogP contribution in [0.2, 0.25) is 0 Å². The summed E-state index contributed by atoms with van der Waals surface area (Å²) in [4.78, 5) is 53.8. The Balaban J connectivity index is 1.55. The van der Waals surface area contributed by atoms with E-state index >= 15 is 0 Å². The third-order valence-corrected chi connectivity index (χ3v) is 6.02. The van der Waals surface area contributed by atoms with Gasteiger partial charge in [0.1, 0.15) is 0 Å². The quantitative estimate of drug-likeness (QED) is 0.131. The van der Waals surface area contributed by atoms with Crippen molar-refractivity contribution >= 4 is 11.8 Å². The summed E-state index contributed by atoms with van der Waals surface area (Å²) >= 11 is 0. The summed E-state index contributed by atoms with van der Waals surface area (Å²) in [5, 5.41) is 25.1. The van der Waals surface area contributed by atoms with Crippen molar-refractivity contribution < 1.29 is 19.8 Å². The highest BCUT2D eigenvalue weighted by molar-refractivity contribution is 5.76. The number of hydrogen-bond acceptors (Lipinski definition) is 8. The van der Waals surface area contributed by atoms with Crippen LogP contribution < -0.4 is 27.5 Å². The van der Waals surface area contributed by atoms with Gasteiger partial charge in [-0.3, -0.25) is 19.2 Å². The smallest absolute Gasteiger partial charge is 0.290 e. The molecule has 0 aliphatic carbocycles. The Morgan fingerprint density at radius 2 is 1.39 bits per heavy atom. The van der Waals surface area contributed by atoms with E-state index < -0.39 is 11.1 Å². The zero-order valence-corrected chi connectivity index (χ0v) is 21.8. The molecule has 0 saturated carbocycles. The molecule has 2 heterocycles. The highest BCUT2D eigenvalue weighted by Crippen LogP contribution is 2.09. The molecule has 0 bridgehead atoms. The molecular weight excluding hydrogens is 492 g/mol. The number of rotatable bonds is 18. The van der Waals surface area contributed by atoms with E-state index in [0.717, 1.165) is 38.8 Å². The molecule has 0 radical (unpaired) electrons. The first-order valence-electron chi connectivity index (χ1n) is 13.1. The number of nitrogens with one attached hydrogen (secondary N) is 4. The zero-order valence-electron chi connectivity index (χ0n) is 21.8. The second-order valence-electron chi connectivity index (χ2n) is 9.13. The molecule has 0 spiro atoms. The summed E-state index contributed by atoms with van der Waals surface area (Å²) in [6.07, 6.45) is 7.67. The van der Waals surface area contributed by atoms with E-state index in [2.05, 4.69) is 20.6 Å². The first kappa shape index (κ1) is 30.6. The first-order chi connectivity index (χ1) is 18.3. The predicted octanol–water partition coefficient (Wildman–Crippen LogP) is 0.0933. The van der Waals surface area contributed by atoms with Gasteiger partial charge in [-0.1, -0.05) is 0 Å². The maximum Gasteiger partial charge on any atom is 0.290 e. The van der Waals surface area contributed by atoms with Crippen LogP contribution in [0.5, 0.6) is 11.5 Å². The SMILES string of the molecule is NCCCN(CCCCNCCCNC(=O)CCc1c[nH]c(=O)c(O)c1)C(=O)CCc1c[nH]c(=O)c(O)c1. The van der Waals surface area contributed by atoms with E-state index in [1.165, 1.54) is 24.5 Å². The van der Waals surface area contributed by atoms with E-state index in [1.54, 1.807) is 0 Å². The number of nitrogens with two attached hydrogens (primary N) is 1. The fourth-order valence-corrected chi connectivity index (χ4v) is 3.84. The molecule has 0 unspecified atom stereocenters. The number of hydrogen-bond donors (Lipinski definition) is 7. The molecule has 0 aliphatic heterocycles. The Kier molecular flexibility index (Phi) is 13.7. The second kappa shape index (κ2) is 17.0. The molecule has 12 nitrogen and oxygen atoms in total. The van der Waals surface area contributed by atoms with Crippen LogP contribution in [0.25, 0.3) is 0 Å². The molecular formula is C26H40N6O6. The van der Waals surface area contributed by atoms with Gasteiger partial charge in [0.05, 0.1) is 0 Å². The van der Waals surface area contributed by atoms with E-state index in [-0.39, 0.29) is 36.2 Å². The summed E-state index contributed by atoms with van der Waals surface area (Å²) < 4.78 is 0. The highest BCUT2D eigenvalue weighted by atomic mass is 16.3. The number of aromatic nitrogens is 2. The van der Waals surface area contributed by atoms with Crippen molar-refractivity contribution in [3.63, 3.8) is 0 Å².